The van der Waals surface area contributed by atoms with Crippen LogP contribution in [0.4, 0.5) is 0 Å². The van der Waals surface area contributed by atoms with E-state index in [0.717, 1.165) is 15.7 Å². The molecule has 0 fully saturated rings. The van der Waals surface area contributed by atoms with Crippen LogP contribution in [-0.2, 0) is 11.3 Å². The van der Waals surface area contributed by atoms with Gasteiger partial charge in [0.15, 0.2) is 11.5 Å². The molecule has 0 radical (unpaired) electrons. The molecule has 5 rings (SSSR count). The lowest BCUT2D eigenvalue weighted by molar-refractivity contribution is -0.130. The van der Waals surface area contributed by atoms with Gasteiger partial charge in [-0.15, -0.1) is 0 Å². The molecule has 168 valence electrons. The van der Waals surface area contributed by atoms with Crippen molar-refractivity contribution in [1.29, 1.82) is 0 Å². The minimum atomic E-state index is -0.768. The summed E-state index contributed by atoms with van der Waals surface area (Å²) in [6.45, 7) is 1.55. The topological polar surface area (TPSA) is 126 Å². The predicted molar refractivity (Wildman–Crippen MR) is 118 cm³/mol. The van der Waals surface area contributed by atoms with Gasteiger partial charge in [0.05, 0.1) is 18.3 Å². The predicted octanol–water partition coefficient (Wildman–Crippen LogP) is 1.72. The van der Waals surface area contributed by atoms with E-state index in [4.69, 9.17) is 9.47 Å². The first-order chi connectivity index (χ1) is 15.9. The lowest BCUT2D eigenvalue weighted by Crippen LogP contribution is -2.34. The van der Waals surface area contributed by atoms with Gasteiger partial charge in [0.2, 0.25) is 18.6 Å². The quantitative estimate of drug-likeness (QED) is 0.626. The molecule has 0 bridgehead atoms. The Hall–Kier alpha value is -4.34. The van der Waals surface area contributed by atoms with Crippen molar-refractivity contribution in [2.45, 2.75) is 25.9 Å². The van der Waals surface area contributed by atoms with Crippen molar-refractivity contribution in [3.8, 4) is 17.4 Å². The number of carbonyl (C=O) groups excluding carboxylic acids is 1. The average molecular weight is 448 g/mol. The Balaban J connectivity index is 1.54. The van der Waals surface area contributed by atoms with E-state index in [1.54, 1.807) is 30.3 Å². The zero-order valence-electron chi connectivity index (χ0n) is 17.6. The van der Waals surface area contributed by atoms with E-state index in [1.807, 2.05) is 18.2 Å². The van der Waals surface area contributed by atoms with Crippen LogP contribution in [0, 0.1) is 0 Å². The number of rotatable bonds is 4. The summed E-state index contributed by atoms with van der Waals surface area (Å²) in [4.78, 5) is 39.7. The number of carbonyl (C=O) groups is 1. The molecule has 10 heteroatoms. The fourth-order valence-corrected chi connectivity index (χ4v) is 4.06. The maximum Gasteiger partial charge on any atom is 0.331 e. The van der Waals surface area contributed by atoms with Crippen LogP contribution in [0.25, 0.3) is 0 Å². The first-order valence-electron chi connectivity index (χ1n) is 10.3. The first kappa shape index (κ1) is 20.6. The second-order valence-electron chi connectivity index (χ2n) is 7.77. The number of hydrazone groups is 1. The lowest BCUT2D eigenvalue weighted by atomic mass is 9.98. The molecule has 1 atom stereocenters. The lowest BCUT2D eigenvalue weighted by Gasteiger charge is -2.20. The van der Waals surface area contributed by atoms with E-state index in [9.17, 15) is 19.5 Å². The monoisotopic (exact) mass is 448 g/mol. The van der Waals surface area contributed by atoms with Gasteiger partial charge in [0.25, 0.3) is 5.56 Å². The largest absolute Gasteiger partial charge is 0.494 e. The Morgan fingerprint density at radius 3 is 2.67 bits per heavy atom. The van der Waals surface area contributed by atoms with Crippen molar-refractivity contribution in [2.24, 2.45) is 5.10 Å². The van der Waals surface area contributed by atoms with Crippen LogP contribution in [0.5, 0.6) is 17.4 Å². The highest BCUT2D eigenvalue weighted by molar-refractivity contribution is 6.04. The van der Waals surface area contributed by atoms with Gasteiger partial charge in [-0.05, 0) is 23.3 Å². The molecule has 10 nitrogen and oxygen atoms in total. The molecular formula is C23H20N4O6. The fourth-order valence-electron chi connectivity index (χ4n) is 4.06. The Bertz CT molecular complexity index is 1390. The summed E-state index contributed by atoms with van der Waals surface area (Å²) in [5.41, 5.74) is 0.0647. The molecule has 3 aromatic rings. The standard InChI is InChI=1S/C23H20N4O6/c1-13(28)27-17(15-7-8-18-19(9-15)33-12-32-18)10-16(25-27)20-21(29)24-23(31)26(22(20)30)11-14-5-3-2-4-6-14/h2-9,17,30H,10-12H2,1H3,(H,24,29,31). The summed E-state index contributed by atoms with van der Waals surface area (Å²) in [6.07, 6.45) is 0.166. The molecule has 2 aliphatic rings. The van der Waals surface area contributed by atoms with Crippen molar-refractivity contribution >= 4 is 11.6 Å². The normalized spacial score (nSPS) is 16.7. The molecule has 0 aliphatic carbocycles. The summed E-state index contributed by atoms with van der Waals surface area (Å²) in [5.74, 6) is 0.332. The molecule has 0 saturated carbocycles. The summed E-state index contributed by atoms with van der Waals surface area (Å²) >= 11 is 0. The van der Waals surface area contributed by atoms with E-state index in [0.29, 0.717) is 11.5 Å². The van der Waals surface area contributed by atoms with Crippen LogP contribution >= 0.6 is 0 Å². The Labute approximate surface area is 187 Å². The maximum absolute atomic E-state index is 12.7. The van der Waals surface area contributed by atoms with Crippen LogP contribution in [0.3, 0.4) is 0 Å². The second-order valence-corrected chi connectivity index (χ2v) is 7.77. The van der Waals surface area contributed by atoms with Gasteiger partial charge in [0, 0.05) is 13.3 Å². The van der Waals surface area contributed by atoms with E-state index in [2.05, 4.69) is 10.1 Å². The van der Waals surface area contributed by atoms with E-state index >= 15 is 0 Å². The Morgan fingerprint density at radius 1 is 1.15 bits per heavy atom. The molecule has 33 heavy (non-hydrogen) atoms. The zero-order valence-corrected chi connectivity index (χ0v) is 17.6. The van der Waals surface area contributed by atoms with Crippen LogP contribution in [0.15, 0.2) is 63.2 Å². The van der Waals surface area contributed by atoms with Crippen molar-refractivity contribution in [2.75, 3.05) is 6.79 Å². The van der Waals surface area contributed by atoms with Gasteiger partial charge in [-0.25, -0.2) is 9.80 Å². The smallest absolute Gasteiger partial charge is 0.331 e. The number of amides is 1. The number of hydrogen-bond acceptors (Lipinski definition) is 7. The van der Waals surface area contributed by atoms with Gasteiger partial charge < -0.3 is 14.6 Å². The van der Waals surface area contributed by atoms with Crippen molar-refractivity contribution in [3.63, 3.8) is 0 Å². The number of hydrogen-bond donors (Lipinski definition) is 2. The Kier molecular flexibility index (Phi) is 4.97. The number of aromatic nitrogens is 2. The highest BCUT2D eigenvalue weighted by Gasteiger charge is 2.35. The first-order valence-corrected chi connectivity index (χ1v) is 10.3. The van der Waals surface area contributed by atoms with Crippen molar-refractivity contribution < 1.29 is 19.4 Å². The van der Waals surface area contributed by atoms with Crippen molar-refractivity contribution in [1.82, 2.24) is 14.6 Å². The van der Waals surface area contributed by atoms with Gasteiger partial charge in [-0.2, -0.15) is 5.10 Å². The third kappa shape index (κ3) is 3.65. The number of aromatic hydroxyl groups is 1. The van der Waals surface area contributed by atoms with Crippen LogP contribution < -0.4 is 20.7 Å². The van der Waals surface area contributed by atoms with Crippen LogP contribution in [-0.4, -0.2) is 38.1 Å². The molecule has 1 unspecified atom stereocenters. The van der Waals surface area contributed by atoms with Gasteiger partial charge in [-0.1, -0.05) is 36.4 Å². The fraction of sp³-hybridized carbons (Fsp3) is 0.217. The van der Waals surface area contributed by atoms with Crippen LogP contribution in [0.1, 0.15) is 36.1 Å². The molecule has 1 amide bonds. The highest BCUT2D eigenvalue weighted by atomic mass is 16.7. The minimum Gasteiger partial charge on any atom is -0.494 e. The summed E-state index contributed by atoms with van der Waals surface area (Å²) in [5, 5.41) is 16.5. The SMILES string of the molecule is CC(=O)N1N=C(c2c(O)n(Cc3ccccc3)c(=O)[nH]c2=O)CC1c1ccc2c(c1)OCO2. The molecule has 2 N–H and O–H groups in total. The highest BCUT2D eigenvalue weighted by Crippen LogP contribution is 2.39. The molecule has 3 heterocycles. The van der Waals surface area contributed by atoms with E-state index in [-0.39, 0.29) is 36.9 Å². The molecule has 0 saturated heterocycles. The van der Waals surface area contributed by atoms with Gasteiger partial charge >= 0.3 is 5.69 Å². The van der Waals surface area contributed by atoms with Gasteiger partial charge in [-0.3, -0.25) is 19.1 Å². The maximum atomic E-state index is 12.7. The zero-order chi connectivity index (χ0) is 23.1. The Morgan fingerprint density at radius 2 is 1.91 bits per heavy atom. The van der Waals surface area contributed by atoms with Crippen LogP contribution in [0.2, 0.25) is 0 Å². The number of nitrogens with one attached hydrogen (secondary N) is 1. The third-order valence-corrected chi connectivity index (χ3v) is 5.66. The van der Waals surface area contributed by atoms with Gasteiger partial charge in [0.1, 0.15) is 5.56 Å². The average Bonchev–Trinajstić information content (AvgIpc) is 3.44. The second kappa shape index (κ2) is 7.97. The number of aromatic amines is 1. The number of nitrogens with zero attached hydrogens (tertiary/aromatic N) is 3. The molecule has 2 aromatic carbocycles. The third-order valence-electron chi connectivity index (χ3n) is 5.66. The van der Waals surface area contributed by atoms with Crippen molar-refractivity contribution in [3.05, 3.63) is 86.1 Å². The molecular weight excluding hydrogens is 428 g/mol. The minimum absolute atomic E-state index is 0.0601. The molecule has 2 aliphatic heterocycles. The van der Waals surface area contributed by atoms with E-state index < -0.39 is 23.2 Å². The number of fused-ring (bicyclic) bond motifs is 1. The summed E-state index contributed by atoms with van der Waals surface area (Å²) in [6, 6.07) is 13.9. The number of benzene rings is 2. The molecule has 0 spiro atoms. The number of ether oxygens (including phenoxy) is 2. The molecule has 1 aromatic heterocycles. The summed E-state index contributed by atoms with van der Waals surface area (Å²) in [7, 11) is 0. The number of H-pyrrole nitrogens is 1. The summed E-state index contributed by atoms with van der Waals surface area (Å²) < 4.78 is 11.8. The van der Waals surface area contributed by atoms with E-state index in [1.165, 1.54) is 11.9 Å².